The number of benzene rings is 4. The second-order valence-electron chi connectivity index (χ2n) is 7.23. The molecule has 0 aliphatic carbocycles. The topological polar surface area (TPSA) is 55.4 Å². The summed E-state index contributed by atoms with van der Waals surface area (Å²) in [4.78, 5) is 25.9. The number of nitrogens with one attached hydrogen (secondary N) is 1. The molecule has 0 unspecified atom stereocenters. The zero-order chi connectivity index (χ0) is 22.5. The van der Waals surface area contributed by atoms with Crippen molar-refractivity contribution in [3.8, 4) is 11.5 Å². The van der Waals surface area contributed by atoms with Gasteiger partial charge in [-0.15, -0.1) is 0 Å². The number of hydrogen-bond acceptors (Lipinski definition) is 3. The lowest BCUT2D eigenvalue weighted by atomic mass is 10.00. The molecule has 0 heterocycles. The van der Waals surface area contributed by atoms with Crippen LogP contribution in [0.5, 0.6) is 11.5 Å². The lowest BCUT2D eigenvalue weighted by Gasteiger charge is -2.15. The van der Waals surface area contributed by atoms with Crippen LogP contribution in [-0.2, 0) is 0 Å². The van der Waals surface area contributed by atoms with Crippen molar-refractivity contribution < 1.29 is 18.7 Å². The maximum absolute atomic E-state index is 15.6. The van der Waals surface area contributed by atoms with E-state index in [4.69, 9.17) is 4.74 Å². The molecular weight excluding hydrogens is 405 g/mol. The number of hydrogen-bond donors (Lipinski definition) is 1. The number of ether oxygens (including phenoxy) is 1. The number of rotatable bonds is 6. The number of halogens is 1. The first-order chi connectivity index (χ1) is 15.5. The van der Waals surface area contributed by atoms with Gasteiger partial charge in [0.2, 0.25) is 0 Å². The number of carbonyl (C=O) groups is 2. The number of ketones is 1. The predicted octanol–water partition coefficient (Wildman–Crippen LogP) is 6.41. The Bertz CT molecular complexity index is 1250. The van der Waals surface area contributed by atoms with Crippen LogP contribution < -0.4 is 10.1 Å². The fraction of sp³-hybridized carbons (Fsp3) is 0.0370. The minimum absolute atomic E-state index is 0.0171. The number of carbonyl (C=O) groups excluding carboxylic acids is 2. The average molecular weight is 425 g/mol. The summed E-state index contributed by atoms with van der Waals surface area (Å²) >= 11 is 0. The van der Waals surface area contributed by atoms with Crippen molar-refractivity contribution in [3.05, 3.63) is 125 Å². The van der Waals surface area contributed by atoms with Gasteiger partial charge in [-0.2, -0.15) is 0 Å². The molecule has 0 saturated heterocycles. The van der Waals surface area contributed by atoms with Crippen molar-refractivity contribution in [1.82, 2.24) is 0 Å². The average Bonchev–Trinajstić information content (AvgIpc) is 2.82. The van der Waals surface area contributed by atoms with Crippen molar-refractivity contribution in [2.75, 3.05) is 5.32 Å². The highest BCUT2D eigenvalue weighted by molar-refractivity contribution is 6.11. The fourth-order valence-electron chi connectivity index (χ4n) is 3.20. The number of amides is 1. The normalized spacial score (nSPS) is 10.4. The van der Waals surface area contributed by atoms with E-state index >= 15 is 4.39 Å². The first-order valence-corrected chi connectivity index (χ1v) is 10.1. The molecule has 0 aromatic heterocycles. The summed E-state index contributed by atoms with van der Waals surface area (Å²) in [6, 6.07) is 26.9. The van der Waals surface area contributed by atoms with Gasteiger partial charge in [0, 0.05) is 11.3 Å². The first kappa shape index (κ1) is 21.0. The molecule has 0 fully saturated rings. The molecule has 4 aromatic rings. The summed E-state index contributed by atoms with van der Waals surface area (Å²) in [5.41, 5.74) is 1.77. The Morgan fingerprint density at radius 3 is 2.00 bits per heavy atom. The maximum atomic E-state index is 15.6. The molecule has 0 spiro atoms. The van der Waals surface area contributed by atoms with E-state index in [2.05, 4.69) is 5.32 Å². The van der Waals surface area contributed by atoms with E-state index in [1.807, 2.05) is 19.1 Å². The van der Waals surface area contributed by atoms with Crippen LogP contribution in [0.3, 0.4) is 0 Å². The molecule has 4 aromatic carbocycles. The van der Waals surface area contributed by atoms with Gasteiger partial charge in [0.1, 0.15) is 5.75 Å². The minimum Gasteiger partial charge on any atom is -0.453 e. The molecule has 0 atom stereocenters. The smallest absolute Gasteiger partial charge is 0.259 e. The second-order valence-corrected chi connectivity index (χ2v) is 7.23. The third-order valence-corrected chi connectivity index (χ3v) is 4.89. The van der Waals surface area contributed by atoms with Crippen LogP contribution in [0.2, 0.25) is 0 Å². The van der Waals surface area contributed by atoms with Crippen molar-refractivity contribution in [1.29, 1.82) is 0 Å². The van der Waals surface area contributed by atoms with Crippen LogP contribution in [0.25, 0.3) is 0 Å². The van der Waals surface area contributed by atoms with Gasteiger partial charge < -0.3 is 10.1 Å². The summed E-state index contributed by atoms with van der Waals surface area (Å²) in [6.07, 6.45) is 0. The largest absolute Gasteiger partial charge is 0.453 e. The minimum atomic E-state index is -0.890. The molecule has 4 rings (SSSR count). The molecular formula is C27H20FNO3. The van der Waals surface area contributed by atoms with Gasteiger partial charge in [-0.25, -0.2) is 4.39 Å². The van der Waals surface area contributed by atoms with Crippen LogP contribution in [0.4, 0.5) is 10.1 Å². The third-order valence-electron chi connectivity index (χ3n) is 4.89. The molecule has 0 aliphatic heterocycles. The van der Waals surface area contributed by atoms with E-state index in [-0.39, 0.29) is 16.9 Å². The monoisotopic (exact) mass is 425 g/mol. The molecule has 32 heavy (non-hydrogen) atoms. The highest BCUT2D eigenvalue weighted by atomic mass is 19.1. The molecule has 0 radical (unpaired) electrons. The van der Waals surface area contributed by atoms with Gasteiger partial charge in [-0.1, -0.05) is 66.2 Å². The van der Waals surface area contributed by atoms with Gasteiger partial charge in [0.25, 0.3) is 5.91 Å². The van der Waals surface area contributed by atoms with E-state index in [1.165, 1.54) is 12.1 Å². The highest BCUT2D eigenvalue weighted by Gasteiger charge is 2.24. The van der Waals surface area contributed by atoms with E-state index < -0.39 is 17.5 Å². The van der Waals surface area contributed by atoms with Gasteiger partial charge >= 0.3 is 0 Å². The van der Waals surface area contributed by atoms with Gasteiger partial charge in [0.05, 0.1) is 11.1 Å². The fourth-order valence-corrected chi connectivity index (χ4v) is 3.20. The van der Waals surface area contributed by atoms with Gasteiger partial charge in [-0.3, -0.25) is 9.59 Å². The third kappa shape index (κ3) is 4.57. The molecule has 1 N–H and O–H groups in total. The Morgan fingerprint density at radius 2 is 1.34 bits per heavy atom. The standard InChI is InChI=1S/C27H20FNO3/c1-18-12-14-20(15-13-18)29-27(31)23-17-16-22(25(30)19-8-4-2-5-9-19)24(28)26(23)32-21-10-6-3-7-11-21/h2-17H,1H3,(H,29,31). The summed E-state index contributed by atoms with van der Waals surface area (Å²) in [5, 5.41) is 2.75. The molecule has 158 valence electrons. The van der Waals surface area contributed by atoms with Crippen molar-refractivity contribution in [2.45, 2.75) is 6.92 Å². The summed E-state index contributed by atoms with van der Waals surface area (Å²) in [5.74, 6) is -1.88. The van der Waals surface area contributed by atoms with E-state index in [1.54, 1.807) is 72.8 Å². The van der Waals surface area contributed by atoms with Gasteiger partial charge in [-0.05, 0) is 43.3 Å². The number of anilines is 1. The van der Waals surface area contributed by atoms with Crippen LogP contribution in [-0.4, -0.2) is 11.7 Å². The predicted molar refractivity (Wildman–Crippen MR) is 122 cm³/mol. The van der Waals surface area contributed by atoms with E-state index in [9.17, 15) is 9.59 Å². The van der Waals surface area contributed by atoms with Crippen LogP contribution in [0, 0.1) is 12.7 Å². The van der Waals surface area contributed by atoms with Crippen LogP contribution >= 0.6 is 0 Å². The maximum Gasteiger partial charge on any atom is 0.259 e. The molecule has 0 bridgehead atoms. The van der Waals surface area contributed by atoms with Crippen LogP contribution in [0.15, 0.2) is 97.1 Å². The number of aryl methyl sites for hydroxylation is 1. The second kappa shape index (κ2) is 9.27. The van der Waals surface area contributed by atoms with Crippen molar-refractivity contribution in [2.24, 2.45) is 0 Å². The highest BCUT2D eigenvalue weighted by Crippen LogP contribution is 2.32. The van der Waals surface area contributed by atoms with Crippen molar-refractivity contribution >= 4 is 17.4 Å². The first-order valence-electron chi connectivity index (χ1n) is 10.1. The molecule has 4 nitrogen and oxygen atoms in total. The summed E-state index contributed by atoms with van der Waals surface area (Å²) in [7, 11) is 0. The Morgan fingerprint density at radius 1 is 0.750 bits per heavy atom. The summed E-state index contributed by atoms with van der Waals surface area (Å²) < 4.78 is 21.3. The summed E-state index contributed by atoms with van der Waals surface area (Å²) in [6.45, 7) is 1.94. The zero-order valence-electron chi connectivity index (χ0n) is 17.3. The molecule has 0 saturated carbocycles. The Labute approximate surface area is 185 Å². The van der Waals surface area contributed by atoms with E-state index in [0.29, 0.717) is 17.0 Å². The Kier molecular flexibility index (Phi) is 6.08. The Balaban J connectivity index is 1.75. The Hall–Kier alpha value is -4.25. The van der Waals surface area contributed by atoms with Crippen molar-refractivity contribution in [3.63, 3.8) is 0 Å². The molecule has 0 aliphatic rings. The lowest BCUT2D eigenvalue weighted by molar-refractivity contribution is 0.101. The zero-order valence-corrected chi connectivity index (χ0v) is 17.3. The van der Waals surface area contributed by atoms with E-state index in [0.717, 1.165) is 5.56 Å². The quantitative estimate of drug-likeness (QED) is 0.363. The molecule has 1 amide bonds. The lowest BCUT2D eigenvalue weighted by Crippen LogP contribution is -2.15. The molecule has 5 heteroatoms. The van der Waals surface area contributed by atoms with Crippen LogP contribution in [0.1, 0.15) is 31.8 Å². The van der Waals surface area contributed by atoms with Gasteiger partial charge in [0.15, 0.2) is 17.3 Å². The number of para-hydroxylation sites is 1. The SMILES string of the molecule is Cc1ccc(NC(=O)c2ccc(C(=O)c3ccccc3)c(F)c2Oc2ccccc2)cc1.